The van der Waals surface area contributed by atoms with Crippen LogP contribution in [0.15, 0.2) is 53.0 Å². The Labute approximate surface area is 166 Å². The SMILES string of the molecule is CNC(=O)/C(C#N)=C/c1c(Oc2ccc(OC)cc2)nc2c(C)cccn2c1=O. The van der Waals surface area contributed by atoms with E-state index >= 15 is 0 Å². The maximum atomic E-state index is 13.1. The number of ether oxygens (including phenoxy) is 2. The lowest BCUT2D eigenvalue weighted by atomic mass is 10.1. The predicted molar refractivity (Wildman–Crippen MR) is 107 cm³/mol. The van der Waals surface area contributed by atoms with Crippen LogP contribution in [0, 0.1) is 18.3 Å². The van der Waals surface area contributed by atoms with Crippen LogP contribution in [0.3, 0.4) is 0 Å². The van der Waals surface area contributed by atoms with E-state index < -0.39 is 11.5 Å². The number of nitrogens with zero attached hydrogens (tertiary/aromatic N) is 3. The number of aromatic nitrogens is 2. The second kappa shape index (κ2) is 8.27. The molecule has 0 radical (unpaired) electrons. The van der Waals surface area contributed by atoms with Gasteiger partial charge >= 0.3 is 0 Å². The number of rotatable bonds is 5. The van der Waals surface area contributed by atoms with E-state index in [9.17, 15) is 14.9 Å². The van der Waals surface area contributed by atoms with Crippen LogP contribution in [0.2, 0.25) is 0 Å². The Hall–Kier alpha value is -4.12. The number of pyridine rings is 1. The molecule has 3 aromatic rings. The van der Waals surface area contributed by atoms with Gasteiger partial charge in [0.15, 0.2) is 0 Å². The lowest BCUT2D eigenvalue weighted by Gasteiger charge is -2.11. The van der Waals surface area contributed by atoms with E-state index in [4.69, 9.17) is 9.47 Å². The quantitative estimate of drug-likeness (QED) is 0.530. The maximum Gasteiger partial charge on any atom is 0.269 e. The summed E-state index contributed by atoms with van der Waals surface area (Å²) in [6, 6.07) is 12.1. The van der Waals surface area contributed by atoms with Crippen molar-refractivity contribution in [2.24, 2.45) is 0 Å². The number of nitriles is 1. The van der Waals surface area contributed by atoms with Crippen molar-refractivity contribution in [1.29, 1.82) is 5.26 Å². The first-order valence-corrected chi connectivity index (χ1v) is 8.66. The zero-order valence-electron chi connectivity index (χ0n) is 16.1. The standard InChI is InChI=1S/C21H18N4O4/c1-13-5-4-10-25-18(13)24-20(29-16-8-6-15(28-3)7-9-16)17(21(25)27)11-14(12-22)19(26)23-2/h4-11H,1-3H3,(H,23,26)/b14-11+. The Balaban J connectivity index is 2.23. The van der Waals surface area contributed by atoms with E-state index in [1.54, 1.807) is 49.7 Å². The monoisotopic (exact) mass is 390 g/mol. The molecule has 0 aliphatic heterocycles. The molecule has 8 heteroatoms. The Morgan fingerprint density at radius 2 is 1.93 bits per heavy atom. The zero-order chi connectivity index (χ0) is 21.0. The van der Waals surface area contributed by atoms with Gasteiger partial charge in [-0.2, -0.15) is 10.2 Å². The summed E-state index contributed by atoms with van der Waals surface area (Å²) >= 11 is 0. The van der Waals surface area contributed by atoms with E-state index in [1.807, 2.05) is 13.0 Å². The third kappa shape index (κ3) is 3.94. The molecule has 0 atom stereocenters. The number of carbonyl (C=O) groups is 1. The first-order valence-electron chi connectivity index (χ1n) is 8.66. The van der Waals surface area contributed by atoms with Gasteiger partial charge in [-0.05, 0) is 48.9 Å². The molecule has 0 fully saturated rings. The zero-order valence-corrected chi connectivity index (χ0v) is 16.1. The molecule has 2 heterocycles. The summed E-state index contributed by atoms with van der Waals surface area (Å²) in [5.74, 6) is 0.442. The van der Waals surface area contributed by atoms with Crippen LogP contribution in [-0.2, 0) is 4.79 Å². The summed E-state index contributed by atoms with van der Waals surface area (Å²) in [7, 11) is 2.95. The fourth-order valence-electron chi connectivity index (χ4n) is 2.68. The molecule has 0 saturated carbocycles. The maximum absolute atomic E-state index is 13.1. The second-order valence-electron chi connectivity index (χ2n) is 6.05. The Kier molecular flexibility index (Phi) is 5.60. The molecule has 0 bridgehead atoms. The van der Waals surface area contributed by atoms with Gasteiger partial charge in [-0.3, -0.25) is 14.0 Å². The molecule has 3 rings (SSSR count). The molecule has 1 amide bonds. The van der Waals surface area contributed by atoms with Crippen molar-refractivity contribution in [3.8, 4) is 23.4 Å². The van der Waals surface area contributed by atoms with Crippen molar-refractivity contribution < 1.29 is 14.3 Å². The number of carbonyl (C=O) groups excluding carboxylic acids is 1. The highest BCUT2D eigenvalue weighted by molar-refractivity contribution is 6.01. The predicted octanol–water partition coefficient (Wildman–Crippen LogP) is 2.46. The van der Waals surface area contributed by atoms with Gasteiger partial charge in [0.2, 0.25) is 5.88 Å². The number of amides is 1. The Bertz CT molecular complexity index is 1200. The first kappa shape index (κ1) is 19.6. The van der Waals surface area contributed by atoms with Crippen molar-refractivity contribution in [3.05, 3.63) is 69.6 Å². The number of fused-ring (bicyclic) bond motifs is 1. The average molecular weight is 390 g/mol. The summed E-state index contributed by atoms with van der Waals surface area (Å²) in [4.78, 5) is 29.5. The van der Waals surface area contributed by atoms with Crippen LogP contribution in [0.5, 0.6) is 17.4 Å². The smallest absolute Gasteiger partial charge is 0.269 e. The largest absolute Gasteiger partial charge is 0.497 e. The number of benzene rings is 1. The number of likely N-dealkylation sites (N-methyl/N-ethyl adjacent to an activating group) is 1. The molecule has 0 spiro atoms. The van der Waals surface area contributed by atoms with Crippen LogP contribution in [-0.4, -0.2) is 29.4 Å². The molecular formula is C21H18N4O4. The van der Waals surface area contributed by atoms with Crippen molar-refractivity contribution in [1.82, 2.24) is 14.7 Å². The minimum Gasteiger partial charge on any atom is -0.497 e. The normalized spacial score (nSPS) is 11.0. The average Bonchev–Trinajstić information content (AvgIpc) is 2.74. The van der Waals surface area contributed by atoms with Gasteiger partial charge in [-0.15, -0.1) is 0 Å². The first-order chi connectivity index (χ1) is 14.0. The van der Waals surface area contributed by atoms with E-state index in [-0.39, 0.29) is 17.0 Å². The van der Waals surface area contributed by atoms with Crippen molar-refractivity contribution in [2.75, 3.05) is 14.2 Å². The molecule has 0 aliphatic carbocycles. The summed E-state index contributed by atoms with van der Waals surface area (Å²) in [5.41, 5.74) is 0.477. The summed E-state index contributed by atoms with van der Waals surface area (Å²) < 4.78 is 12.3. The number of aryl methyl sites for hydroxylation is 1. The van der Waals surface area contributed by atoms with Gasteiger partial charge in [-0.25, -0.2) is 0 Å². The van der Waals surface area contributed by atoms with Gasteiger partial charge in [0.1, 0.15) is 34.4 Å². The number of methoxy groups -OCH3 is 1. The van der Waals surface area contributed by atoms with Crippen LogP contribution in [0.4, 0.5) is 0 Å². The van der Waals surface area contributed by atoms with Gasteiger partial charge in [0.25, 0.3) is 11.5 Å². The van der Waals surface area contributed by atoms with Crippen LogP contribution >= 0.6 is 0 Å². The molecule has 0 aliphatic rings. The molecule has 146 valence electrons. The topological polar surface area (TPSA) is 106 Å². The number of hydrogen-bond donors (Lipinski definition) is 1. The number of nitrogens with one attached hydrogen (secondary N) is 1. The second-order valence-corrected chi connectivity index (χ2v) is 6.05. The fourth-order valence-corrected chi connectivity index (χ4v) is 2.68. The van der Waals surface area contributed by atoms with Crippen molar-refractivity contribution in [2.45, 2.75) is 6.92 Å². The Morgan fingerprint density at radius 3 is 2.55 bits per heavy atom. The summed E-state index contributed by atoms with van der Waals surface area (Å²) in [6.07, 6.45) is 2.75. The van der Waals surface area contributed by atoms with E-state index in [0.717, 1.165) is 5.56 Å². The van der Waals surface area contributed by atoms with E-state index in [1.165, 1.54) is 17.5 Å². The van der Waals surface area contributed by atoms with Crippen molar-refractivity contribution in [3.63, 3.8) is 0 Å². The molecule has 8 nitrogen and oxygen atoms in total. The molecule has 0 saturated heterocycles. The third-order valence-corrected chi connectivity index (χ3v) is 4.20. The lowest BCUT2D eigenvalue weighted by molar-refractivity contribution is -0.116. The number of hydrogen-bond acceptors (Lipinski definition) is 6. The molecule has 0 unspecified atom stereocenters. The molecule has 29 heavy (non-hydrogen) atoms. The Morgan fingerprint density at radius 1 is 1.24 bits per heavy atom. The summed E-state index contributed by atoms with van der Waals surface area (Å²) in [5, 5.41) is 11.7. The van der Waals surface area contributed by atoms with Crippen LogP contribution in [0.25, 0.3) is 11.7 Å². The van der Waals surface area contributed by atoms with Crippen LogP contribution in [0.1, 0.15) is 11.1 Å². The van der Waals surface area contributed by atoms with Crippen LogP contribution < -0.4 is 20.3 Å². The highest BCUT2D eigenvalue weighted by Crippen LogP contribution is 2.26. The molecular weight excluding hydrogens is 372 g/mol. The fraction of sp³-hybridized carbons (Fsp3) is 0.143. The third-order valence-electron chi connectivity index (χ3n) is 4.20. The van der Waals surface area contributed by atoms with E-state index in [0.29, 0.717) is 17.1 Å². The molecule has 2 aromatic heterocycles. The van der Waals surface area contributed by atoms with Gasteiger partial charge < -0.3 is 14.8 Å². The highest BCUT2D eigenvalue weighted by Gasteiger charge is 2.17. The highest BCUT2D eigenvalue weighted by atomic mass is 16.5. The van der Waals surface area contributed by atoms with Gasteiger partial charge in [0, 0.05) is 13.2 Å². The lowest BCUT2D eigenvalue weighted by Crippen LogP contribution is -2.22. The minimum atomic E-state index is -0.614. The van der Waals surface area contributed by atoms with Gasteiger partial charge in [-0.1, -0.05) is 6.07 Å². The van der Waals surface area contributed by atoms with Crippen molar-refractivity contribution >= 4 is 17.6 Å². The molecule has 1 aromatic carbocycles. The minimum absolute atomic E-state index is 0.00822. The van der Waals surface area contributed by atoms with Gasteiger partial charge in [0.05, 0.1) is 7.11 Å². The van der Waals surface area contributed by atoms with E-state index in [2.05, 4.69) is 10.3 Å². The summed E-state index contributed by atoms with van der Waals surface area (Å²) in [6.45, 7) is 1.82. The molecule has 1 N–H and O–H groups in total.